The predicted octanol–water partition coefficient (Wildman–Crippen LogP) is 3.15. The van der Waals surface area contributed by atoms with Crippen LogP contribution in [-0.4, -0.2) is 23.4 Å². The van der Waals surface area contributed by atoms with Crippen molar-refractivity contribution in [1.29, 1.82) is 0 Å². The average molecular weight is 326 g/mol. The van der Waals surface area contributed by atoms with Crippen molar-refractivity contribution >= 4 is 15.9 Å². The number of rotatable bonds is 5. The molecule has 2 fully saturated rings. The molecule has 0 bridgehead atoms. The van der Waals surface area contributed by atoms with Gasteiger partial charge >= 0.3 is 0 Å². The van der Waals surface area contributed by atoms with Crippen LogP contribution < -0.4 is 5.32 Å². The van der Waals surface area contributed by atoms with Gasteiger partial charge in [-0.25, -0.2) is 0 Å². The number of nitrogens with one attached hydrogen (secondary N) is 1. The molecular formula is C15H24BrN3. The molecule has 0 radical (unpaired) electrons. The lowest BCUT2D eigenvalue weighted by atomic mass is 9.78. The topological polar surface area (TPSA) is 29.9 Å². The molecule has 2 atom stereocenters. The summed E-state index contributed by atoms with van der Waals surface area (Å²) in [5.41, 5.74) is 2.99. The molecule has 0 spiro atoms. The molecule has 1 heterocycles. The van der Waals surface area contributed by atoms with Gasteiger partial charge in [-0.3, -0.25) is 4.68 Å². The molecule has 19 heavy (non-hydrogen) atoms. The number of nitrogens with zero attached hydrogens (tertiary/aromatic N) is 2. The van der Waals surface area contributed by atoms with Crippen LogP contribution in [0.25, 0.3) is 0 Å². The summed E-state index contributed by atoms with van der Waals surface area (Å²) >= 11 is 3.75. The quantitative estimate of drug-likeness (QED) is 0.901. The monoisotopic (exact) mass is 325 g/mol. The highest BCUT2D eigenvalue weighted by Crippen LogP contribution is 2.60. The maximum absolute atomic E-state index is 4.64. The van der Waals surface area contributed by atoms with Crippen molar-refractivity contribution in [2.24, 2.45) is 17.3 Å². The number of fused-ring (bicyclic) bond motifs is 1. The maximum atomic E-state index is 4.64. The second-order valence-electron chi connectivity index (χ2n) is 6.53. The first-order valence-corrected chi connectivity index (χ1v) is 8.24. The SMILES string of the molecule is CCn1nc(C)c(Br)c1CC1(CNC)CC2CC2C1. The molecule has 4 heteroatoms. The van der Waals surface area contributed by atoms with Crippen LogP contribution in [0.5, 0.6) is 0 Å². The van der Waals surface area contributed by atoms with E-state index in [1.807, 2.05) is 0 Å². The first-order valence-electron chi connectivity index (χ1n) is 7.45. The summed E-state index contributed by atoms with van der Waals surface area (Å²) in [4.78, 5) is 0. The molecule has 2 aliphatic carbocycles. The number of halogens is 1. The van der Waals surface area contributed by atoms with Crippen molar-refractivity contribution in [1.82, 2.24) is 15.1 Å². The van der Waals surface area contributed by atoms with Gasteiger partial charge in [-0.15, -0.1) is 0 Å². The summed E-state index contributed by atoms with van der Waals surface area (Å²) in [5, 5.41) is 8.07. The predicted molar refractivity (Wildman–Crippen MR) is 81.2 cm³/mol. The minimum Gasteiger partial charge on any atom is -0.319 e. The zero-order valence-electron chi connectivity index (χ0n) is 12.2. The van der Waals surface area contributed by atoms with Crippen LogP contribution in [0.15, 0.2) is 4.47 Å². The first kappa shape index (κ1) is 13.6. The van der Waals surface area contributed by atoms with E-state index in [0.29, 0.717) is 5.41 Å². The fourth-order valence-electron chi connectivity index (χ4n) is 4.13. The van der Waals surface area contributed by atoms with Crippen LogP contribution in [0.1, 0.15) is 37.6 Å². The average Bonchev–Trinajstić information content (AvgIpc) is 2.91. The van der Waals surface area contributed by atoms with Crippen molar-refractivity contribution in [3.05, 3.63) is 15.9 Å². The van der Waals surface area contributed by atoms with E-state index < -0.39 is 0 Å². The first-order chi connectivity index (χ1) is 9.08. The van der Waals surface area contributed by atoms with E-state index >= 15 is 0 Å². The molecule has 0 aromatic carbocycles. The van der Waals surface area contributed by atoms with Gasteiger partial charge in [0.15, 0.2) is 0 Å². The smallest absolute Gasteiger partial charge is 0.0738 e. The van der Waals surface area contributed by atoms with Crippen LogP contribution in [-0.2, 0) is 13.0 Å². The second-order valence-corrected chi connectivity index (χ2v) is 7.33. The Hall–Kier alpha value is -0.350. The fourth-order valence-corrected chi connectivity index (χ4v) is 4.55. The zero-order chi connectivity index (χ0) is 13.6. The Kier molecular flexibility index (Phi) is 3.50. The normalized spacial score (nSPS) is 32.6. The Morgan fingerprint density at radius 1 is 1.42 bits per heavy atom. The van der Waals surface area contributed by atoms with Gasteiger partial charge in [-0.05, 0) is 79.8 Å². The van der Waals surface area contributed by atoms with Gasteiger partial charge in [0.1, 0.15) is 0 Å². The largest absolute Gasteiger partial charge is 0.319 e. The summed E-state index contributed by atoms with van der Waals surface area (Å²) in [6.07, 6.45) is 5.45. The third-order valence-electron chi connectivity index (χ3n) is 5.01. The Bertz CT molecular complexity index is 470. The zero-order valence-corrected chi connectivity index (χ0v) is 13.8. The van der Waals surface area contributed by atoms with Crippen molar-refractivity contribution in [3.63, 3.8) is 0 Å². The van der Waals surface area contributed by atoms with Crippen LogP contribution >= 0.6 is 15.9 Å². The van der Waals surface area contributed by atoms with Gasteiger partial charge in [-0.2, -0.15) is 5.10 Å². The molecule has 1 aromatic heterocycles. The molecule has 0 aliphatic heterocycles. The number of aromatic nitrogens is 2. The van der Waals surface area contributed by atoms with Crippen LogP contribution in [0.2, 0.25) is 0 Å². The van der Waals surface area contributed by atoms with E-state index in [-0.39, 0.29) is 0 Å². The van der Waals surface area contributed by atoms with Gasteiger partial charge in [0.05, 0.1) is 15.9 Å². The maximum Gasteiger partial charge on any atom is 0.0738 e. The molecule has 2 aliphatic rings. The Morgan fingerprint density at radius 2 is 2.11 bits per heavy atom. The second kappa shape index (κ2) is 4.88. The fraction of sp³-hybridized carbons (Fsp3) is 0.800. The van der Waals surface area contributed by atoms with Crippen molar-refractivity contribution in [2.45, 2.75) is 46.1 Å². The molecule has 0 amide bonds. The molecule has 1 aromatic rings. The molecule has 2 saturated carbocycles. The molecular weight excluding hydrogens is 302 g/mol. The van der Waals surface area contributed by atoms with Crippen molar-refractivity contribution in [3.8, 4) is 0 Å². The van der Waals surface area contributed by atoms with Gasteiger partial charge < -0.3 is 5.32 Å². The molecule has 3 rings (SSSR count). The van der Waals surface area contributed by atoms with Gasteiger partial charge in [0.2, 0.25) is 0 Å². The third-order valence-corrected chi connectivity index (χ3v) is 6.04. The van der Waals surface area contributed by atoms with E-state index in [1.54, 1.807) is 0 Å². The molecule has 0 saturated heterocycles. The summed E-state index contributed by atoms with van der Waals surface area (Å²) < 4.78 is 3.41. The molecule has 2 unspecified atom stereocenters. The molecule has 3 nitrogen and oxygen atoms in total. The van der Waals surface area contributed by atoms with E-state index in [2.05, 4.69) is 51.9 Å². The van der Waals surface area contributed by atoms with Crippen LogP contribution in [0, 0.1) is 24.2 Å². The Morgan fingerprint density at radius 3 is 2.68 bits per heavy atom. The highest BCUT2D eigenvalue weighted by Gasteiger charge is 2.53. The van der Waals surface area contributed by atoms with Gasteiger partial charge in [0, 0.05) is 13.1 Å². The third kappa shape index (κ3) is 2.38. The summed E-state index contributed by atoms with van der Waals surface area (Å²) in [6.45, 7) is 6.38. The Balaban J connectivity index is 1.86. The lowest BCUT2D eigenvalue weighted by molar-refractivity contribution is 0.248. The summed E-state index contributed by atoms with van der Waals surface area (Å²) in [6, 6.07) is 0. The lowest BCUT2D eigenvalue weighted by Gasteiger charge is -2.31. The van der Waals surface area contributed by atoms with Crippen molar-refractivity contribution < 1.29 is 0 Å². The Labute approximate surface area is 124 Å². The van der Waals surface area contributed by atoms with E-state index in [1.165, 1.54) is 29.4 Å². The standard InChI is InChI=1S/C15H24BrN3/c1-4-19-13(14(16)10(2)18-19)8-15(9-17-3)6-11-5-12(11)7-15/h11-12,17H,4-9H2,1-3H3. The lowest BCUT2D eigenvalue weighted by Crippen LogP contribution is -2.34. The summed E-state index contributed by atoms with van der Waals surface area (Å²) in [7, 11) is 2.09. The highest BCUT2D eigenvalue weighted by atomic mass is 79.9. The highest BCUT2D eigenvalue weighted by molar-refractivity contribution is 9.10. The van der Waals surface area contributed by atoms with Crippen LogP contribution in [0.3, 0.4) is 0 Å². The summed E-state index contributed by atoms with van der Waals surface area (Å²) in [5.74, 6) is 2.04. The van der Waals surface area contributed by atoms with Crippen LogP contribution in [0.4, 0.5) is 0 Å². The minimum atomic E-state index is 0.463. The van der Waals surface area contributed by atoms with E-state index in [4.69, 9.17) is 0 Å². The molecule has 1 N–H and O–H groups in total. The van der Waals surface area contributed by atoms with Crippen molar-refractivity contribution in [2.75, 3.05) is 13.6 Å². The van der Waals surface area contributed by atoms with Gasteiger partial charge in [0.25, 0.3) is 0 Å². The number of hydrogen-bond acceptors (Lipinski definition) is 2. The number of hydrogen-bond donors (Lipinski definition) is 1. The number of aryl methyl sites for hydroxylation is 2. The van der Waals surface area contributed by atoms with Gasteiger partial charge in [-0.1, -0.05) is 0 Å². The minimum absolute atomic E-state index is 0.463. The molecule has 106 valence electrons. The van der Waals surface area contributed by atoms with E-state index in [0.717, 1.165) is 37.0 Å². The van der Waals surface area contributed by atoms with E-state index in [9.17, 15) is 0 Å².